The average Bonchev–Trinajstić information content (AvgIpc) is 3.25. The molecule has 0 fully saturated rings. The minimum absolute atomic E-state index is 0.109. The largest absolute Gasteiger partial charge is 0.497 e. The average molecular weight is 426 g/mol. The monoisotopic (exact) mass is 425 g/mol. The number of hydrogen-bond acceptors (Lipinski definition) is 5. The summed E-state index contributed by atoms with van der Waals surface area (Å²) in [6, 6.07) is 25.2. The molecule has 152 valence electrons. The van der Waals surface area contributed by atoms with Crippen LogP contribution in [0.15, 0.2) is 85.1 Å². The Hall–Kier alpha value is -3.77. The van der Waals surface area contributed by atoms with E-state index >= 15 is 0 Å². The summed E-state index contributed by atoms with van der Waals surface area (Å²) in [6.07, 6.45) is 1.73. The van der Waals surface area contributed by atoms with Gasteiger partial charge in [-0.1, -0.05) is 47.7 Å². The van der Waals surface area contributed by atoms with Gasteiger partial charge in [0.05, 0.1) is 29.6 Å². The number of hydrogen-bond donors (Lipinski definition) is 0. The molecule has 0 atom stereocenters. The van der Waals surface area contributed by atoms with E-state index in [2.05, 4.69) is 4.98 Å². The Labute approximate surface area is 183 Å². The Bertz CT molecular complexity index is 1380. The topological polar surface area (TPSA) is 55.3 Å². The summed E-state index contributed by atoms with van der Waals surface area (Å²) in [5, 5.41) is 2.76. The maximum Gasteiger partial charge on any atom is 0.260 e. The predicted molar refractivity (Wildman–Crippen MR) is 125 cm³/mol. The minimum Gasteiger partial charge on any atom is -0.497 e. The zero-order valence-corrected chi connectivity index (χ0v) is 17.7. The lowest BCUT2D eigenvalue weighted by Crippen LogP contribution is -2.30. The normalized spacial score (nSPS) is 11.0. The molecule has 0 saturated carbocycles. The number of fused-ring (bicyclic) bond motifs is 2. The highest BCUT2D eigenvalue weighted by Crippen LogP contribution is 2.33. The summed E-state index contributed by atoms with van der Waals surface area (Å²) in [4.78, 5) is 24.5. The molecule has 6 heteroatoms. The molecule has 5 rings (SSSR count). The fourth-order valence-electron chi connectivity index (χ4n) is 3.50. The van der Waals surface area contributed by atoms with E-state index in [0.717, 1.165) is 32.4 Å². The molecule has 0 unspecified atom stereocenters. The van der Waals surface area contributed by atoms with Gasteiger partial charge in [-0.2, -0.15) is 0 Å². The van der Waals surface area contributed by atoms with E-state index in [1.54, 1.807) is 18.2 Å². The van der Waals surface area contributed by atoms with Gasteiger partial charge in [0.15, 0.2) is 5.13 Å². The van der Waals surface area contributed by atoms with Crippen molar-refractivity contribution in [2.75, 3.05) is 12.0 Å². The van der Waals surface area contributed by atoms with Crippen LogP contribution < -0.4 is 9.64 Å². The zero-order chi connectivity index (χ0) is 21.2. The molecule has 0 aliphatic carbocycles. The van der Waals surface area contributed by atoms with E-state index in [4.69, 9.17) is 9.72 Å². The van der Waals surface area contributed by atoms with Gasteiger partial charge in [-0.05, 0) is 47.2 Å². The number of carbonyl (C=O) groups excluding carboxylic acids is 1. The first-order chi connectivity index (χ1) is 15.2. The van der Waals surface area contributed by atoms with Gasteiger partial charge < -0.3 is 4.74 Å². The summed E-state index contributed by atoms with van der Waals surface area (Å²) in [7, 11) is 1.63. The SMILES string of the molecule is COc1ccc2sc(N(Cc3ccccn3)C(=O)c3ccc4ccccc4c3)nc2c1. The first-order valence-corrected chi connectivity index (χ1v) is 10.7. The fraction of sp³-hybridized carbons (Fsp3) is 0.0800. The van der Waals surface area contributed by atoms with Gasteiger partial charge in [0.1, 0.15) is 5.75 Å². The lowest BCUT2D eigenvalue weighted by Gasteiger charge is -2.20. The van der Waals surface area contributed by atoms with E-state index in [9.17, 15) is 4.79 Å². The van der Waals surface area contributed by atoms with E-state index in [1.165, 1.54) is 11.3 Å². The van der Waals surface area contributed by atoms with Crippen molar-refractivity contribution in [2.45, 2.75) is 6.54 Å². The molecular formula is C25H19N3O2S. The number of anilines is 1. The number of pyridine rings is 1. The maximum atomic E-state index is 13.6. The lowest BCUT2D eigenvalue weighted by atomic mass is 10.1. The summed E-state index contributed by atoms with van der Waals surface area (Å²) in [5.74, 6) is 0.629. The van der Waals surface area contributed by atoms with Crippen molar-refractivity contribution in [2.24, 2.45) is 0 Å². The third kappa shape index (κ3) is 3.85. The smallest absolute Gasteiger partial charge is 0.260 e. The van der Waals surface area contributed by atoms with Crippen LogP contribution in [-0.2, 0) is 6.54 Å². The van der Waals surface area contributed by atoms with Gasteiger partial charge >= 0.3 is 0 Å². The Morgan fingerprint density at radius 2 is 1.81 bits per heavy atom. The number of benzene rings is 3. The van der Waals surface area contributed by atoms with Crippen molar-refractivity contribution >= 4 is 43.4 Å². The van der Waals surface area contributed by atoms with Crippen molar-refractivity contribution in [1.82, 2.24) is 9.97 Å². The number of ether oxygens (including phenoxy) is 1. The first kappa shape index (κ1) is 19.2. The fourth-order valence-corrected chi connectivity index (χ4v) is 4.44. The van der Waals surface area contributed by atoms with Crippen LogP contribution in [0.5, 0.6) is 5.75 Å². The summed E-state index contributed by atoms with van der Waals surface area (Å²) in [6.45, 7) is 0.337. The van der Waals surface area contributed by atoms with Crippen molar-refractivity contribution in [3.8, 4) is 5.75 Å². The van der Waals surface area contributed by atoms with Crippen LogP contribution in [0.2, 0.25) is 0 Å². The van der Waals surface area contributed by atoms with Crippen molar-refractivity contribution in [3.05, 3.63) is 96.3 Å². The van der Waals surface area contributed by atoms with Gasteiger partial charge in [-0.15, -0.1) is 0 Å². The first-order valence-electron chi connectivity index (χ1n) is 9.86. The van der Waals surface area contributed by atoms with Crippen molar-refractivity contribution in [3.63, 3.8) is 0 Å². The third-order valence-electron chi connectivity index (χ3n) is 5.10. The highest BCUT2D eigenvalue weighted by atomic mass is 32.1. The number of thiazole rings is 1. The van der Waals surface area contributed by atoms with Crippen LogP contribution in [0, 0.1) is 0 Å². The molecule has 0 saturated heterocycles. The lowest BCUT2D eigenvalue weighted by molar-refractivity contribution is 0.0985. The highest BCUT2D eigenvalue weighted by Gasteiger charge is 2.22. The Kier molecular flexibility index (Phi) is 5.06. The highest BCUT2D eigenvalue weighted by molar-refractivity contribution is 7.22. The summed E-state index contributed by atoms with van der Waals surface area (Å²) >= 11 is 1.48. The van der Waals surface area contributed by atoms with Crippen LogP contribution in [0.4, 0.5) is 5.13 Å². The molecule has 2 aromatic heterocycles. The van der Waals surface area contributed by atoms with Crippen molar-refractivity contribution < 1.29 is 9.53 Å². The van der Waals surface area contributed by atoms with Crippen LogP contribution in [0.3, 0.4) is 0 Å². The van der Waals surface area contributed by atoms with Crippen LogP contribution in [0.25, 0.3) is 21.0 Å². The number of methoxy groups -OCH3 is 1. The number of carbonyl (C=O) groups is 1. The molecule has 0 aliphatic heterocycles. The standard InChI is InChI=1S/C25H19N3O2S/c1-30-21-11-12-23-22(15-21)27-25(31-23)28(16-20-8-4-5-13-26-20)24(29)19-10-9-17-6-2-3-7-18(17)14-19/h2-15H,16H2,1H3. The molecule has 0 aliphatic rings. The van der Waals surface area contributed by atoms with Crippen LogP contribution >= 0.6 is 11.3 Å². The zero-order valence-electron chi connectivity index (χ0n) is 16.9. The molecule has 3 aromatic carbocycles. The number of rotatable bonds is 5. The van der Waals surface area contributed by atoms with E-state index in [0.29, 0.717) is 17.2 Å². The van der Waals surface area contributed by atoms with Gasteiger partial charge in [-0.3, -0.25) is 14.7 Å². The predicted octanol–water partition coefficient (Wildman–Crippen LogP) is 5.70. The summed E-state index contributed by atoms with van der Waals surface area (Å²) in [5.41, 5.74) is 2.22. The van der Waals surface area contributed by atoms with E-state index in [-0.39, 0.29) is 5.91 Å². The molecule has 0 N–H and O–H groups in total. The molecule has 5 aromatic rings. The minimum atomic E-state index is -0.109. The molecule has 2 heterocycles. The third-order valence-corrected chi connectivity index (χ3v) is 6.16. The Morgan fingerprint density at radius 3 is 2.61 bits per heavy atom. The van der Waals surface area contributed by atoms with Crippen LogP contribution in [0.1, 0.15) is 16.1 Å². The van der Waals surface area contributed by atoms with E-state index in [1.807, 2.05) is 78.9 Å². The second kappa shape index (κ2) is 8.16. The summed E-state index contributed by atoms with van der Waals surface area (Å²) < 4.78 is 6.31. The molecular weight excluding hydrogens is 406 g/mol. The molecule has 0 spiro atoms. The molecule has 5 nitrogen and oxygen atoms in total. The molecule has 1 amide bonds. The van der Waals surface area contributed by atoms with Crippen LogP contribution in [-0.4, -0.2) is 23.0 Å². The Morgan fingerprint density at radius 1 is 0.968 bits per heavy atom. The quantitative estimate of drug-likeness (QED) is 0.362. The van der Waals surface area contributed by atoms with Gasteiger partial charge in [0, 0.05) is 17.8 Å². The second-order valence-electron chi connectivity index (χ2n) is 7.10. The van der Waals surface area contributed by atoms with Gasteiger partial charge in [-0.25, -0.2) is 4.98 Å². The number of aromatic nitrogens is 2. The second-order valence-corrected chi connectivity index (χ2v) is 8.11. The van der Waals surface area contributed by atoms with Gasteiger partial charge in [0.25, 0.3) is 5.91 Å². The van der Waals surface area contributed by atoms with E-state index < -0.39 is 0 Å². The molecule has 0 radical (unpaired) electrons. The number of nitrogens with zero attached hydrogens (tertiary/aromatic N) is 3. The van der Waals surface area contributed by atoms with Crippen molar-refractivity contribution in [1.29, 1.82) is 0 Å². The number of amides is 1. The maximum absolute atomic E-state index is 13.6. The van der Waals surface area contributed by atoms with Gasteiger partial charge in [0.2, 0.25) is 0 Å². The Balaban J connectivity index is 1.58. The molecule has 31 heavy (non-hydrogen) atoms. The molecule has 0 bridgehead atoms.